The Hall–Kier alpha value is -2.33. The van der Waals surface area contributed by atoms with Crippen LogP contribution in [0.4, 0.5) is 5.69 Å². The first-order chi connectivity index (χ1) is 10.1. The lowest BCUT2D eigenvalue weighted by atomic mass is 10.2. The topological polar surface area (TPSA) is 46.9 Å². The Labute approximate surface area is 127 Å². The summed E-state index contributed by atoms with van der Waals surface area (Å²) in [7, 11) is 1.95. The number of carbonyl (C=O) groups excluding carboxylic acids is 1. The van der Waals surface area contributed by atoms with Crippen LogP contribution in [0, 0.1) is 6.92 Å². The Bertz CT molecular complexity index is 839. The van der Waals surface area contributed by atoms with Gasteiger partial charge in [0.15, 0.2) is 0 Å². The van der Waals surface area contributed by atoms with Gasteiger partial charge in [-0.1, -0.05) is 23.7 Å². The predicted octanol–water partition coefficient (Wildman–Crippen LogP) is 3.79. The van der Waals surface area contributed by atoms with Crippen LogP contribution in [0.2, 0.25) is 5.02 Å². The van der Waals surface area contributed by atoms with Gasteiger partial charge in [-0.3, -0.25) is 4.79 Å². The molecular weight excluding hydrogens is 286 g/mol. The Morgan fingerprint density at radius 1 is 1.24 bits per heavy atom. The summed E-state index contributed by atoms with van der Waals surface area (Å²) in [6, 6.07) is 12.6. The summed E-state index contributed by atoms with van der Waals surface area (Å²) in [6.07, 6.45) is 0. The highest BCUT2D eigenvalue weighted by Gasteiger charge is 2.11. The fraction of sp³-hybridized carbons (Fsp3) is 0.125. The first-order valence-electron chi connectivity index (χ1n) is 6.55. The molecule has 1 N–H and O–H groups in total. The van der Waals surface area contributed by atoms with E-state index in [-0.39, 0.29) is 5.91 Å². The number of fused-ring (bicyclic) bond motifs is 1. The number of para-hydroxylation sites is 1. The Balaban J connectivity index is 1.93. The smallest absolute Gasteiger partial charge is 0.255 e. The van der Waals surface area contributed by atoms with E-state index in [0.717, 1.165) is 16.9 Å². The van der Waals surface area contributed by atoms with Crippen molar-refractivity contribution in [3.63, 3.8) is 0 Å². The van der Waals surface area contributed by atoms with Gasteiger partial charge in [0, 0.05) is 12.6 Å². The molecule has 0 aliphatic heterocycles. The third-order valence-electron chi connectivity index (χ3n) is 3.49. The maximum absolute atomic E-state index is 12.3. The number of rotatable bonds is 2. The van der Waals surface area contributed by atoms with E-state index in [4.69, 9.17) is 11.6 Å². The van der Waals surface area contributed by atoms with Crippen LogP contribution in [0.1, 0.15) is 16.2 Å². The molecule has 5 heteroatoms. The number of hydrogen-bond donors (Lipinski definition) is 1. The summed E-state index contributed by atoms with van der Waals surface area (Å²) < 4.78 is 1.99. The van der Waals surface area contributed by atoms with E-state index in [1.807, 2.05) is 36.7 Å². The van der Waals surface area contributed by atoms with Gasteiger partial charge in [0.1, 0.15) is 5.82 Å². The van der Waals surface area contributed by atoms with Crippen LogP contribution in [0.5, 0.6) is 0 Å². The van der Waals surface area contributed by atoms with E-state index in [0.29, 0.717) is 16.3 Å². The number of anilines is 1. The normalized spacial score (nSPS) is 10.8. The molecule has 1 amide bonds. The molecule has 0 saturated heterocycles. The van der Waals surface area contributed by atoms with E-state index in [1.54, 1.807) is 24.3 Å². The Morgan fingerprint density at radius 3 is 2.76 bits per heavy atom. The van der Waals surface area contributed by atoms with Crippen molar-refractivity contribution in [1.29, 1.82) is 0 Å². The molecule has 0 saturated carbocycles. The molecule has 3 aromatic rings. The lowest BCUT2D eigenvalue weighted by molar-refractivity contribution is 0.102. The van der Waals surface area contributed by atoms with Crippen LogP contribution in [-0.2, 0) is 7.05 Å². The number of amides is 1. The van der Waals surface area contributed by atoms with Crippen molar-refractivity contribution in [2.24, 2.45) is 7.05 Å². The second kappa shape index (κ2) is 5.22. The van der Waals surface area contributed by atoms with Gasteiger partial charge in [0.25, 0.3) is 5.91 Å². The standard InChI is InChI=1S/C16H14ClN3O/c1-10-18-14-9-11(7-8-15(14)20(10)2)16(21)19-13-6-4-3-5-12(13)17/h3-9H,1-2H3,(H,19,21). The second-order valence-electron chi connectivity index (χ2n) is 4.86. The number of hydrogen-bond acceptors (Lipinski definition) is 2. The third-order valence-corrected chi connectivity index (χ3v) is 3.82. The largest absolute Gasteiger partial charge is 0.331 e. The van der Waals surface area contributed by atoms with Crippen LogP contribution in [0.3, 0.4) is 0 Å². The molecule has 0 unspecified atom stereocenters. The summed E-state index contributed by atoms with van der Waals surface area (Å²) in [5, 5.41) is 3.32. The minimum Gasteiger partial charge on any atom is -0.331 e. The molecule has 1 aromatic heterocycles. The van der Waals surface area contributed by atoms with Crippen molar-refractivity contribution >= 4 is 34.2 Å². The van der Waals surface area contributed by atoms with Gasteiger partial charge in [-0.05, 0) is 37.3 Å². The molecule has 106 valence electrons. The van der Waals surface area contributed by atoms with Crippen LogP contribution in [0.15, 0.2) is 42.5 Å². The summed E-state index contributed by atoms with van der Waals surface area (Å²) >= 11 is 6.04. The minimum atomic E-state index is -0.201. The molecule has 0 bridgehead atoms. The molecule has 0 fully saturated rings. The highest BCUT2D eigenvalue weighted by Crippen LogP contribution is 2.22. The van der Waals surface area contributed by atoms with Gasteiger partial charge in [-0.25, -0.2) is 4.98 Å². The average molecular weight is 300 g/mol. The molecule has 0 atom stereocenters. The van der Waals surface area contributed by atoms with Gasteiger partial charge < -0.3 is 9.88 Å². The number of benzene rings is 2. The minimum absolute atomic E-state index is 0.201. The predicted molar refractivity (Wildman–Crippen MR) is 84.9 cm³/mol. The maximum Gasteiger partial charge on any atom is 0.255 e. The van der Waals surface area contributed by atoms with Crippen molar-refractivity contribution in [3.8, 4) is 0 Å². The fourth-order valence-electron chi connectivity index (χ4n) is 2.22. The van der Waals surface area contributed by atoms with Crippen LogP contribution >= 0.6 is 11.6 Å². The highest BCUT2D eigenvalue weighted by atomic mass is 35.5. The van der Waals surface area contributed by atoms with Crippen molar-refractivity contribution in [3.05, 3.63) is 58.9 Å². The summed E-state index contributed by atoms with van der Waals surface area (Å²) in [5.41, 5.74) is 2.96. The van der Waals surface area contributed by atoms with Crippen LogP contribution < -0.4 is 5.32 Å². The van der Waals surface area contributed by atoms with Crippen LogP contribution in [0.25, 0.3) is 11.0 Å². The number of carbonyl (C=O) groups is 1. The van der Waals surface area contributed by atoms with Crippen molar-refractivity contribution < 1.29 is 4.79 Å². The summed E-state index contributed by atoms with van der Waals surface area (Å²) in [4.78, 5) is 16.7. The van der Waals surface area contributed by atoms with Gasteiger partial charge in [-0.15, -0.1) is 0 Å². The van der Waals surface area contributed by atoms with Crippen LogP contribution in [-0.4, -0.2) is 15.5 Å². The lowest BCUT2D eigenvalue weighted by Gasteiger charge is -2.07. The molecule has 4 nitrogen and oxygen atoms in total. The van der Waals surface area contributed by atoms with E-state index in [9.17, 15) is 4.79 Å². The molecule has 0 aliphatic rings. The molecule has 21 heavy (non-hydrogen) atoms. The fourth-order valence-corrected chi connectivity index (χ4v) is 2.40. The number of imidazole rings is 1. The van der Waals surface area contributed by atoms with E-state index >= 15 is 0 Å². The highest BCUT2D eigenvalue weighted by molar-refractivity contribution is 6.33. The first kappa shape index (κ1) is 13.6. The molecule has 2 aromatic carbocycles. The van der Waals surface area contributed by atoms with Gasteiger partial charge >= 0.3 is 0 Å². The zero-order valence-electron chi connectivity index (χ0n) is 11.7. The average Bonchev–Trinajstić information content (AvgIpc) is 2.76. The summed E-state index contributed by atoms with van der Waals surface area (Å²) in [5.74, 6) is 0.710. The number of nitrogens with one attached hydrogen (secondary N) is 1. The zero-order valence-corrected chi connectivity index (χ0v) is 12.5. The quantitative estimate of drug-likeness (QED) is 0.782. The molecule has 0 radical (unpaired) electrons. The number of aromatic nitrogens is 2. The summed E-state index contributed by atoms with van der Waals surface area (Å²) in [6.45, 7) is 1.93. The Kier molecular flexibility index (Phi) is 3.39. The third kappa shape index (κ3) is 2.50. The zero-order chi connectivity index (χ0) is 15.0. The van der Waals surface area contributed by atoms with Gasteiger partial charge in [0.2, 0.25) is 0 Å². The number of halogens is 1. The van der Waals surface area contributed by atoms with Gasteiger partial charge in [0.05, 0.1) is 21.7 Å². The van der Waals surface area contributed by atoms with Crippen molar-refractivity contribution in [2.75, 3.05) is 5.32 Å². The van der Waals surface area contributed by atoms with E-state index in [1.165, 1.54) is 0 Å². The molecule has 0 spiro atoms. The second-order valence-corrected chi connectivity index (χ2v) is 5.26. The SMILES string of the molecule is Cc1nc2cc(C(=O)Nc3ccccc3Cl)ccc2n1C. The van der Waals surface area contributed by atoms with Crippen molar-refractivity contribution in [2.45, 2.75) is 6.92 Å². The molecule has 1 heterocycles. The number of nitrogens with zero attached hydrogens (tertiary/aromatic N) is 2. The molecule has 0 aliphatic carbocycles. The number of aryl methyl sites for hydroxylation is 2. The lowest BCUT2D eigenvalue weighted by Crippen LogP contribution is -2.12. The molecular formula is C16H14ClN3O. The van der Waals surface area contributed by atoms with E-state index in [2.05, 4.69) is 10.3 Å². The van der Waals surface area contributed by atoms with Crippen molar-refractivity contribution in [1.82, 2.24) is 9.55 Å². The Morgan fingerprint density at radius 2 is 2.00 bits per heavy atom. The first-order valence-corrected chi connectivity index (χ1v) is 6.93. The van der Waals surface area contributed by atoms with Gasteiger partial charge in [-0.2, -0.15) is 0 Å². The maximum atomic E-state index is 12.3. The molecule has 3 rings (SSSR count). The monoisotopic (exact) mass is 299 g/mol. The van der Waals surface area contributed by atoms with E-state index < -0.39 is 0 Å².